The molecule has 0 N–H and O–H groups in total. The van der Waals surface area contributed by atoms with Gasteiger partial charge in [-0.1, -0.05) is 31.2 Å². The first-order chi connectivity index (χ1) is 14.6. The molecule has 0 fully saturated rings. The maximum absolute atomic E-state index is 12.6. The average molecular weight is 461 g/mol. The van der Waals surface area contributed by atoms with Gasteiger partial charge in [-0.2, -0.15) is 12.6 Å². The molecule has 0 amide bonds. The summed E-state index contributed by atoms with van der Waals surface area (Å²) >= 11 is 4.66. The minimum atomic E-state index is -4.58. The Kier molecular flexibility index (Phi) is 10.4. The van der Waals surface area contributed by atoms with Crippen LogP contribution in [0, 0.1) is 11.8 Å². The lowest BCUT2D eigenvalue weighted by atomic mass is 9.78. The maximum atomic E-state index is 12.6. The van der Waals surface area contributed by atoms with Gasteiger partial charge in [0.15, 0.2) is 5.78 Å². The highest BCUT2D eigenvalue weighted by molar-refractivity contribution is 7.80. The third kappa shape index (κ3) is 9.15. The fourth-order valence-corrected chi connectivity index (χ4v) is 4.72. The molecular formula is C24H35F3O3S. The Balaban J connectivity index is 1.89. The predicted molar refractivity (Wildman–Crippen MR) is 120 cm³/mol. The van der Waals surface area contributed by atoms with Gasteiger partial charge in [0.2, 0.25) is 0 Å². The number of ether oxygens (including phenoxy) is 2. The Morgan fingerprint density at radius 3 is 2.65 bits per heavy atom. The highest BCUT2D eigenvalue weighted by Crippen LogP contribution is 2.37. The van der Waals surface area contributed by atoms with Crippen molar-refractivity contribution in [1.82, 2.24) is 0 Å². The Bertz CT molecular complexity index is 682. The highest BCUT2D eigenvalue weighted by Gasteiger charge is 2.35. The number of alkyl halides is 3. The lowest BCUT2D eigenvalue weighted by Gasteiger charge is -2.31. The van der Waals surface area contributed by atoms with Gasteiger partial charge in [-0.15, -0.1) is 13.2 Å². The van der Waals surface area contributed by atoms with E-state index in [4.69, 9.17) is 4.74 Å². The van der Waals surface area contributed by atoms with Gasteiger partial charge in [0.05, 0.1) is 12.7 Å². The van der Waals surface area contributed by atoms with Gasteiger partial charge in [0.25, 0.3) is 0 Å². The van der Waals surface area contributed by atoms with Crippen molar-refractivity contribution < 1.29 is 27.4 Å². The van der Waals surface area contributed by atoms with Crippen LogP contribution in [0.1, 0.15) is 64.7 Å². The lowest BCUT2D eigenvalue weighted by Crippen LogP contribution is -2.27. The number of allylic oxidation sites excluding steroid dienone is 3. The molecule has 0 saturated heterocycles. The molecule has 176 valence electrons. The molecule has 0 radical (unpaired) electrons. The third-order valence-electron chi connectivity index (χ3n) is 6.29. The number of halogens is 3. The Labute approximate surface area is 189 Å². The molecular weight excluding hydrogens is 425 g/mol. The second-order valence-corrected chi connectivity index (χ2v) is 9.63. The fourth-order valence-electron chi connectivity index (χ4n) is 4.50. The maximum Gasteiger partial charge on any atom is 0.522 e. The Morgan fingerprint density at radius 2 is 2.06 bits per heavy atom. The monoisotopic (exact) mass is 460 g/mol. The van der Waals surface area contributed by atoms with E-state index >= 15 is 0 Å². The van der Waals surface area contributed by atoms with Crippen LogP contribution in [0.25, 0.3) is 0 Å². The SMILES string of the molecule is C=C(CCOC)C(=O)C1=CCC(CC(CC2=CCCC(OC(F)(F)F)C2)C(C)S)CC1. The Hall–Kier alpha value is -1.05. The smallest absolute Gasteiger partial charge is 0.384 e. The van der Waals surface area contributed by atoms with Crippen LogP contribution in [-0.2, 0) is 14.3 Å². The summed E-state index contributed by atoms with van der Waals surface area (Å²) in [5, 5.41) is 0.144. The van der Waals surface area contributed by atoms with Crippen molar-refractivity contribution in [2.24, 2.45) is 11.8 Å². The molecule has 0 aromatic carbocycles. The van der Waals surface area contributed by atoms with Crippen LogP contribution in [0.3, 0.4) is 0 Å². The largest absolute Gasteiger partial charge is 0.522 e. The van der Waals surface area contributed by atoms with Crippen LogP contribution in [0.15, 0.2) is 35.5 Å². The number of hydrogen-bond acceptors (Lipinski definition) is 4. The second kappa shape index (κ2) is 12.3. The van der Waals surface area contributed by atoms with Crippen LogP contribution < -0.4 is 0 Å². The molecule has 0 aromatic rings. The number of methoxy groups -OCH3 is 1. The van der Waals surface area contributed by atoms with Crippen molar-refractivity contribution in [2.45, 2.75) is 82.4 Å². The number of ketones is 1. The van der Waals surface area contributed by atoms with E-state index in [9.17, 15) is 18.0 Å². The van der Waals surface area contributed by atoms with E-state index in [-0.39, 0.29) is 17.0 Å². The topological polar surface area (TPSA) is 35.5 Å². The van der Waals surface area contributed by atoms with E-state index in [1.807, 2.05) is 13.0 Å². The molecule has 3 nitrogen and oxygen atoms in total. The van der Waals surface area contributed by atoms with Gasteiger partial charge in [-0.3, -0.25) is 9.53 Å². The molecule has 2 rings (SSSR count). The first-order valence-corrected chi connectivity index (χ1v) is 11.6. The van der Waals surface area contributed by atoms with Gasteiger partial charge in [-0.05, 0) is 80.8 Å². The molecule has 0 aliphatic heterocycles. The summed E-state index contributed by atoms with van der Waals surface area (Å²) in [5.74, 6) is 0.777. The van der Waals surface area contributed by atoms with E-state index in [2.05, 4.69) is 30.0 Å². The van der Waals surface area contributed by atoms with Gasteiger partial charge in [0, 0.05) is 12.4 Å². The van der Waals surface area contributed by atoms with Crippen LogP contribution in [0.4, 0.5) is 13.2 Å². The molecule has 7 heteroatoms. The number of carbonyl (C=O) groups excluding carboxylic acids is 1. The molecule has 0 spiro atoms. The number of carbonyl (C=O) groups is 1. The number of thiol groups is 1. The van der Waals surface area contributed by atoms with Gasteiger partial charge >= 0.3 is 6.36 Å². The molecule has 4 atom stereocenters. The van der Waals surface area contributed by atoms with Crippen LogP contribution in [-0.4, -0.2) is 37.2 Å². The molecule has 2 aliphatic rings. The summed E-state index contributed by atoms with van der Waals surface area (Å²) in [6, 6.07) is 0. The standard InChI is InChI=1S/C24H35F3O3S/c1-16(11-12-29-3)23(28)20-9-7-18(8-10-20)13-21(17(2)31)14-19-5-4-6-22(15-19)30-24(25,26)27/h5,9,17-18,21-22,31H,1,4,6-8,10-15H2,2-3H3. The number of hydrogen-bond donors (Lipinski definition) is 1. The van der Waals surface area contributed by atoms with E-state index < -0.39 is 12.5 Å². The minimum Gasteiger partial charge on any atom is -0.384 e. The van der Waals surface area contributed by atoms with Crippen LogP contribution in [0.2, 0.25) is 0 Å². The summed E-state index contributed by atoms with van der Waals surface area (Å²) in [7, 11) is 1.61. The summed E-state index contributed by atoms with van der Waals surface area (Å²) in [5.41, 5.74) is 2.48. The molecule has 0 heterocycles. The van der Waals surface area contributed by atoms with Crippen LogP contribution in [0.5, 0.6) is 0 Å². The normalized spacial score (nSPS) is 24.2. The zero-order valence-corrected chi connectivity index (χ0v) is 19.4. The van der Waals surface area contributed by atoms with E-state index in [0.717, 1.165) is 43.3 Å². The summed E-state index contributed by atoms with van der Waals surface area (Å²) in [6.45, 7) is 6.43. The lowest BCUT2D eigenvalue weighted by molar-refractivity contribution is -0.343. The summed E-state index contributed by atoms with van der Waals surface area (Å²) in [4.78, 5) is 12.5. The van der Waals surface area contributed by atoms with Gasteiger partial charge < -0.3 is 4.74 Å². The van der Waals surface area contributed by atoms with Crippen molar-refractivity contribution in [1.29, 1.82) is 0 Å². The molecule has 0 aromatic heterocycles. The van der Waals surface area contributed by atoms with Crippen molar-refractivity contribution in [3.63, 3.8) is 0 Å². The first-order valence-electron chi connectivity index (χ1n) is 11.1. The van der Waals surface area contributed by atoms with E-state index in [1.165, 1.54) is 0 Å². The highest BCUT2D eigenvalue weighted by atomic mass is 32.1. The first kappa shape index (κ1) is 26.2. The summed E-state index contributed by atoms with van der Waals surface area (Å²) < 4.78 is 47.0. The minimum absolute atomic E-state index is 0.0395. The van der Waals surface area contributed by atoms with E-state index in [0.29, 0.717) is 43.8 Å². The zero-order chi connectivity index (χ0) is 23.0. The Morgan fingerprint density at radius 1 is 1.32 bits per heavy atom. The number of Topliss-reactive ketones (excluding diaryl/α,β-unsaturated/α-hetero) is 1. The summed E-state index contributed by atoms with van der Waals surface area (Å²) in [6.07, 6.45) is 4.88. The van der Waals surface area contributed by atoms with Gasteiger partial charge in [-0.25, -0.2) is 0 Å². The number of rotatable bonds is 11. The van der Waals surface area contributed by atoms with Crippen LogP contribution >= 0.6 is 12.6 Å². The average Bonchev–Trinajstić information content (AvgIpc) is 2.70. The molecule has 0 saturated carbocycles. The molecule has 0 bridgehead atoms. The van der Waals surface area contributed by atoms with Crippen molar-refractivity contribution in [2.75, 3.05) is 13.7 Å². The van der Waals surface area contributed by atoms with Crippen molar-refractivity contribution in [3.05, 3.63) is 35.5 Å². The zero-order valence-electron chi connectivity index (χ0n) is 18.5. The van der Waals surface area contributed by atoms with Gasteiger partial charge in [0.1, 0.15) is 0 Å². The molecule has 4 unspecified atom stereocenters. The predicted octanol–water partition coefficient (Wildman–Crippen LogP) is 6.60. The van der Waals surface area contributed by atoms with E-state index in [1.54, 1.807) is 7.11 Å². The third-order valence-corrected chi connectivity index (χ3v) is 6.72. The fraction of sp³-hybridized carbons (Fsp3) is 0.708. The van der Waals surface area contributed by atoms with Crippen molar-refractivity contribution in [3.8, 4) is 0 Å². The quantitative estimate of drug-likeness (QED) is 0.214. The van der Waals surface area contributed by atoms with Crippen molar-refractivity contribution >= 4 is 18.4 Å². The molecule has 31 heavy (non-hydrogen) atoms. The molecule has 2 aliphatic carbocycles. The second-order valence-electron chi connectivity index (χ2n) is 8.82.